The van der Waals surface area contributed by atoms with Crippen molar-refractivity contribution in [2.75, 3.05) is 0 Å². The Labute approximate surface area is 80.6 Å². The normalized spacial score (nSPS) is 25.1. The molecule has 1 aromatic heterocycles. The van der Waals surface area contributed by atoms with Crippen molar-refractivity contribution in [3.8, 4) is 0 Å². The second-order valence-corrected chi connectivity index (χ2v) is 3.51. The first-order valence-corrected chi connectivity index (χ1v) is 4.56. The van der Waals surface area contributed by atoms with Crippen LogP contribution < -0.4 is 5.56 Å². The van der Waals surface area contributed by atoms with Gasteiger partial charge in [-0.25, -0.2) is 0 Å². The number of hydrogen-bond donors (Lipinski definition) is 2. The summed E-state index contributed by atoms with van der Waals surface area (Å²) < 4.78 is 0. The summed E-state index contributed by atoms with van der Waals surface area (Å²) in [5, 5.41) is 10.0. The number of aromatic nitrogens is 1. The van der Waals surface area contributed by atoms with Gasteiger partial charge in [-0.3, -0.25) is 9.59 Å². The van der Waals surface area contributed by atoms with E-state index >= 15 is 0 Å². The van der Waals surface area contributed by atoms with Crippen LogP contribution in [0.1, 0.15) is 24.5 Å². The molecule has 1 unspecified atom stereocenters. The Hall–Kier alpha value is -1.42. The Morgan fingerprint density at radius 1 is 1.57 bits per heavy atom. The third-order valence-corrected chi connectivity index (χ3v) is 2.82. The zero-order valence-corrected chi connectivity index (χ0v) is 7.83. The van der Waals surface area contributed by atoms with Crippen LogP contribution in [0.25, 0.3) is 0 Å². The van der Waals surface area contributed by atoms with Gasteiger partial charge in [0.25, 0.3) is 5.56 Å². The molecule has 0 saturated heterocycles. The topological polar surface area (TPSA) is 70.2 Å². The van der Waals surface area contributed by atoms with Gasteiger partial charge in [0.2, 0.25) is 0 Å². The molecule has 2 rings (SSSR count). The minimum absolute atomic E-state index is 0.0375. The molecule has 1 atom stereocenters. The Balaban J connectivity index is 2.71. The Morgan fingerprint density at radius 3 is 2.93 bits per heavy atom. The number of carbonyl (C=O) groups excluding carboxylic acids is 1. The van der Waals surface area contributed by atoms with Crippen molar-refractivity contribution in [2.45, 2.75) is 25.4 Å². The minimum Gasteiger partial charge on any atom is -0.377 e. The van der Waals surface area contributed by atoms with Crippen molar-refractivity contribution in [1.29, 1.82) is 0 Å². The van der Waals surface area contributed by atoms with Crippen molar-refractivity contribution in [3.63, 3.8) is 0 Å². The van der Waals surface area contributed by atoms with Gasteiger partial charge in [-0.2, -0.15) is 0 Å². The molecule has 0 saturated carbocycles. The van der Waals surface area contributed by atoms with E-state index in [-0.39, 0.29) is 17.8 Å². The summed E-state index contributed by atoms with van der Waals surface area (Å²) in [5.41, 5.74) is -0.848. The van der Waals surface area contributed by atoms with Crippen LogP contribution in [0.4, 0.5) is 0 Å². The van der Waals surface area contributed by atoms with Crippen LogP contribution in [0.15, 0.2) is 17.1 Å². The van der Waals surface area contributed by atoms with Gasteiger partial charge >= 0.3 is 0 Å². The molecule has 14 heavy (non-hydrogen) atoms. The van der Waals surface area contributed by atoms with E-state index in [0.717, 1.165) is 0 Å². The first kappa shape index (κ1) is 9.15. The molecule has 1 heterocycles. The molecule has 0 aromatic carbocycles. The summed E-state index contributed by atoms with van der Waals surface area (Å²) in [4.78, 5) is 25.4. The highest BCUT2D eigenvalue weighted by molar-refractivity contribution is 5.94. The number of pyridine rings is 1. The van der Waals surface area contributed by atoms with Crippen molar-refractivity contribution >= 4 is 5.78 Å². The Morgan fingerprint density at radius 2 is 2.29 bits per heavy atom. The highest BCUT2D eigenvalue weighted by Gasteiger charge is 2.44. The van der Waals surface area contributed by atoms with Crippen LogP contribution in [0, 0.1) is 0 Å². The monoisotopic (exact) mass is 193 g/mol. The van der Waals surface area contributed by atoms with Gasteiger partial charge in [-0.1, -0.05) is 6.92 Å². The highest BCUT2D eigenvalue weighted by Crippen LogP contribution is 2.34. The van der Waals surface area contributed by atoms with Gasteiger partial charge in [0, 0.05) is 23.7 Å². The lowest BCUT2D eigenvalue weighted by Gasteiger charge is -2.19. The van der Waals surface area contributed by atoms with E-state index < -0.39 is 5.60 Å². The fraction of sp³-hybridized carbons (Fsp3) is 0.400. The fourth-order valence-corrected chi connectivity index (χ4v) is 1.92. The average molecular weight is 193 g/mol. The van der Waals surface area contributed by atoms with Crippen LogP contribution in [0.3, 0.4) is 0 Å². The standard InChI is InChI=1S/C10H11NO3/c1-2-10(14)7-3-4-11-9(13)6(7)5-8(10)12/h3-4,14H,2,5H2,1H3,(H,11,13). The number of hydrogen-bond acceptors (Lipinski definition) is 3. The summed E-state index contributed by atoms with van der Waals surface area (Å²) in [6.07, 6.45) is 1.80. The molecule has 2 N–H and O–H groups in total. The number of nitrogens with one attached hydrogen (secondary N) is 1. The molecule has 0 radical (unpaired) electrons. The first-order valence-electron chi connectivity index (χ1n) is 4.56. The number of ketones is 1. The van der Waals surface area contributed by atoms with Gasteiger partial charge in [0.05, 0.1) is 0 Å². The molecule has 4 heteroatoms. The second-order valence-electron chi connectivity index (χ2n) is 3.51. The van der Waals surface area contributed by atoms with Crippen LogP contribution in [-0.2, 0) is 16.8 Å². The molecular weight excluding hydrogens is 182 g/mol. The fourth-order valence-electron chi connectivity index (χ4n) is 1.92. The van der Waals surface area contributed by atoms with Crippen LogP contribution in [0.5, 0.6) is 0 Å². The van der Waals surface area contributed by atoms with E-state index in [0.29, 0.717) is 17.5 Å². The van der Waals surface area contributed by atoms with Gasteiger partial charge in [0.15, 0.2) is 5.78 Å². The average Bonchev–Trinajstić information content (AvgIpc) is 2.43. The summed E-state index contributed by atoms with van der Waals surface area (Å²) in [6.45, 7) is 1.73. The number of aliphatic hydroxyl groups is 1. The number of fused-ring (bicyclic) bond motifs is 1. The maximum absolute atomic E-state index is 11.5. The molecule has 1 aliphatic rings. The molecule has 4 nitrogen and oxygen atoms in total. The molecule has 0 spiro atoms. The molecule has 1 aromatic rings. The van der Waals surface area contributed by atoms with E-state index in [4.69, 9.17) is 0 Å². The number of Topliss-reactive ketones (excluding diaryl/α,β-unsaturated/α-hetero) is 1. The van der Waals surface area contributed by atoms with E-state index in [1.165, 1.54) is 6.20 Å². The van der Waals surface area contributed by atoms with Gasteiger partial charge in [-0.15, -0.1) is 0 Å². The van der Waals surface area contributed by atoms with Crippen LogP contribution >= 0.6 is 0 Å². The Kier molecular flexibility index (Phi) is 1.82. The minimum atomic E-state index is -1.44. The summed E-state index contributed by atoms with van der Waals surface area (Å²) in [6, 6.07) is 1.60. The van der Waals surface area contributed by atoms with Gasteiger partial charge in [0.1, 0.15) is 5.60 Å². The summed E-state index contributed by atoms with van der Waals surface area (Å²) in [5.74, 6) is -0.285. The highest BCUT2D eigenvalue weighted by atomic mass is 16.3. The smallest absolute Gasteiger partial charge is 0.251 e. The zero-order chi connectivity index (χ0) is 10.3. The third kappa shape index (κ3) is 0.974. The maximum atomic E-state index is 11.5. The predicted molar refractivity (Wildman–Crippen MR) is 50.0 cm³/mol. The van der Waals surface area contributed by atoms with E-state index in [9.17, 15) is 14.7 Å². The van der Waals surface area contributed by atoms with Crippen molar-refractivity contribution in [3.05, 3.63) is 33.7 Å². The van der Waals surface area contributed by atoms with Crippen molar-refractivity contribution in [1.82, 2.24) is 4.98 Å². The zero-order valence-electron chi connectivity index (χ0n) is 7.83. The molecule has 0 amide bonds. The number of rotatable bonds is 1. The summed E-state index contributed by atoms with van der Waals surface area (Å²) >= 11 is 0. The van der Waals surface area contributed by atoms with E-state index in [2.05, 4.69) is 4.98 Å². The number of H-pyrrole nitrogens is 1. The molecule has 1 aliphatic carbocycles. The molecular formula is C10H11NO3. The van der Waals surface area contributed by atoms with E-state index in [1.807, 2.05) is 0 Å². The first-order chi connectivity index (χ1) is 6.59. The predicted octanol–water partition coefficient (Wildman–Crippen LogP) is 0.0977. The van der Waals surface area contributed by atoms with Crippen LogP contribution in [-0.4, -0.2) is 15.9 Å². The van der Waals surface area contributed by atoms with E-state index in [1.54, 1.807) is 13.0 Å². The largest absolute Gasteiger partial charge is 0.377 e. The number of aromatic amines is 1. The lowest BCUT2D eigenvalue weighted by atomic mass is 9.93. The lowest BCUT2D eigenvalue weighted by molar-refractivity contribution is -0.136. The Bertz CT molecular complexity index is 449. The molecule has 74 valence electrons. The SMILES string of the molecule is CCC1(O)C(=O)Cc2c1cc[nH]c2=O. The third-order valence-electron chi connectivity index (χ3n) is 2.82. The van der Waals surface area contributed by atoms with Crippen molar-refractivity contribution < 1.29 is 9.90 Å². The quantitative estimate of drug-likeness (QED) is 0.664. The van der Waals surface area contributed by atoms with Crippen molar-refractivity contribution in [2.24, 2.45) is 0 Å². The van der Waals surface area contributed by atoms with Crippen LogP contribution in [0.2, 0.25) is 0 Å². The van der Waals surface area contributed by atoms with Gasteiger partial charge < -0.3 is 10.1 Å². The maximum Gasteiger partial charge on any atom is 0.251 e. The van der Waals surface area contributed by atoms with Gasteiger partial charge in [-0.05, 0) is 12.5 Å². The molecule has 0 aliphatic heterocycles. The second kappa shape index (κ2) is 2.78. The lowest BCUT2D eigenvalue weighted by Crippen LogP contribution is -2.30. The molecule has 0 fully saturated rings. The molecule has 0 bridgehead atoms. The number of carbonyl (C=O) groups is 1. The summed E-state index contributed by atoms with van der Waals surface area (Å²) in [7, 11) is 0.